The van der Waals surface area contributed by atoms with Gasteiger partial charge in [-0.1, -0.05) is 33.8 Å². The number of aromatic nitrogens is 5. The summed E-state index contributed by atoms with van der Waals surface area (Å²) < 4.78 is 34.8. The predicted molar refractivity (Wildman–Crippen MR) is 184 cm³/mol. The molecule has 0 saturated heterocycles. The maximum atomic E-state index is 12.9. The molecule has 46 heavy (non-hydrogen) atoms. The molecule has 0 aliphatic carbocycles. The minimum Gasteiger partial charge on any atom is -0.598 e. The molecule has 0 spiro atoms. The Labute approximate surface area is 276 Å². The molecule has 0 amide bonds. The lowest BCUT2D eigenvalue weighted by atomic mass is 10.0. The number of nitrogens with one attached hydrogen (secondary N) is 1. The molecule has 0 fully saturated rings. The Bertz CT molecular complexity index is 1640. The molecule has 13 heteroatoms. The van der Waals surface area contributed by atoms with Gasteiger partial charge in [0.2, 0.25) is 0 Å². The Kier molecular flexibility index (Phi) is 11.0. The molecule has 0 aliphatic rings. The summed E-state index contributed by atoms with van der Waals surface area (Å²) in [4.78, 5) is 14.1. The average molecular weight is 669 g/mol. The van der Waals surface area contributed by atoms with Crippen LogP contribution in [0.2, 0.25) is 18.1 Å². The van der Waals surface area contributed by atoms with Crippen molar-refractivity contribution in [3.63, 3.8) is 0 Å². The van der Waals surface area contributed by atoms with Crippen molar-refractivity contribution in [2.45, 2.75) is 90.1 Å². The molecule has 3 heterocycles. The summed E-state index contributed by atoms with van der Waals surface area (Å²) >= 11 is -1.52. The van der Waals surface area contributed by atoms with Gasteiger partial charge in [0.25, 0.3) is 0 Å². The summed E-state index contributed by atoms with van der Waals surface area (Å²) in [6.07, 6.45) is 5.39. The summed E-state index contributed by atoms with van der Waals surface area (Å²) in [5.74, 6) is 1.15. The van der Waals surface area contributed by atoms with Crippen molar-refractivity contribution in [3.8, 4) is 22.8 Å². The van der Waals surface area contributed by atoms with Crippen molar-refractivity contribution in [2.24, 2.45) is 0 Å². The zero-order valence-corrected chi connectivity index (χ0v) is 30.5. The standard InChI is InChI=1S/C33H48N6O5SSi/c1-11-33(40,38-45(41)31(2,3)4)29-14-12-13-26(37-29)23-17-27-25(28(18-23)43-16-15-42-8)20-35-39(27)30-21-34-19-24(36-30)22-44-46(9,10)32(5,6)7/h12-14,17-21,38,40H,11,15-16,22H2,1-10H3/t33-,45?/m0/s1. The average Bonchev–Trinajstić information content (AvgIpc) is 3.43. The number of hydrogen-bond donors (Lipinski definition) is 2. The van der Waals surface area contributed by atoms with Gasteiger partial charge in [-0.3, -0.25) is 4.98 Å². The monoisotopic (exact) mass is 668 g/mol. The molecule has 0 saturated carbocycles. The first-order chi connectivity index (χ1) is 21.5. The molecule has 0 bridgehead atoms. The predicted octanol–water partition coefficient (Wildman–Crippen LogP) is 6.03. The van der Waals surface area contributed by atoms with Gasteiger partial charge < -0.3 is 23.6 Å². The number of rotatable bonds is 13. The molecule has 0 aliphatic heterocycles. The number of methoxy groups -OCH3 is 1. The zero-order chi connectivity index (χ0) is 33.9. The fraction of sp³-hybridized carbons (Fsp3) is 0.515. The van der Waals surface area contributed by atoms with Gasteiger partial charge in [0, 0.05) is 24.0 Å². The van der Waals surface area contributed by atoms with Gasteiger partial charge in [0.15, 0.2) is 19.9 Å². The second-order valence-electron chi connectivity index (χ2n) is 13.8. The number of fused-ring (bicyclic) bond motifs is 1. The lowest BCUT2D eigenvalue weighted by Crippen LogP contribution is -2.51. The Morgan fingerprint density at radius 3 is 2.41 bits per heavy atom. The Hall–Kier alpha value is -2.91. The molecule has 4 aromatic rings. The maximum Gasteiger partial charge on any atom is 0.200 e. The highest BCUT2D eigenvalue weighted by Crippen LogP contribution is 2.37. The van der Waals surface area contributed by atoms with Crippen molar-refractivity contribution in [3.05, 3.63) is 60.3 Å². The number of aliphatic hydroxyl groups is 1. The van der Waals surface area contributed by atoms with Crippen LogP contribution in [0.4, 0.5) is 0 Å². The van der Waals surface area contributed by atoms with Crippen LogP contribution in [-0.4, -0.2) is 67.8 Å². The van der Waals surface area contributed by atoms with Crippen LogP contribution in [0.5, 0.6) is 5.75 Å². The summed E-state index contributed by atoms with van der Waals surface area (Å²) in [5, 5.41) is 17.1. The van der Waals surface area contributed by atoms with Crippen LogP contribution in [0.3, 0.4) is 0 Å². The van der Waals surface area contributed by atoms with E-state index in [4.69, 9.17) is 23.9 Å². The quantitative estimate of drug-likeness (QED) is 0.0751. The number of pyridine rings is 1. The number of nitrogens with zero attached hydrogens (tertiary/aromatic N) is 5. The van der Waals surface area contributed by atoms with Crippen LogP contribution >= 0.6 is 0 Å². The van der Waals surface area contributed by atoms with Gasteiger partial charge >= 0.3 is 0 Å². The van der Waals surface area contributed by atoms with Gasteiger partial charge in [0.1, 0.15) is 17.1 Å². The molecule has 2 atom stereocenters. The van der Waals surface area contributed by atoms with E-state index in [-0.39, 0.29) is 11.5 Å². The Morgan fingerprint density at radius 2 is 1.76 bits per heavy atom. The van der Waals surface area contributed by atoms with Crippen LogP contribution in [0.25, 0.3) is 28.0 Å². The molecule has 250 valence electrons. The largest absolute Gasteiger partial charge is 0.598 e. The highest BCUT2D eigenvalue weighted by molar-refractivity contribution is 7.90. The number of ether oxygens (including phenoxy) is 2. The molecule has 2 N–H and O–H groups in total. The van der Waals surface area contributed by atoms with E-state index >= 15 is 0 Å². The van der Waals surface area contributed by atoms with Crippen LogP contribution in [0.1, 0.15) is 66.3 Å². The van der Waals surface area contributed by atoms with Crippen LogP contribution < -0.4 is 9.46 Å². The Morgan fingerprint density at radius 1 is 1.02 bits per heavy atom. The highest BCUT2D eigenvalue weighted by Gasteiger charge is 2.39. The zero-order valence-electron chi connectivity index (χ0n) is 28.7. The third-order valence-corrected chi connectivity index (χ3v) is 14.4. The lowest BCUT2D eigenvalue weighted by Gasteiger charge is -2.36. The molecule has 11 nitrogen and oxygen atoms in total. The van der Waals surface area contributed by atoms with E-state index in [9.17, 15) is 9.66 Å². The first-order valence-corrected chi connectivity index (χ1v) is 19.5. The van der Waals surface area contributed by atoms with E-state index in [1.54, 1.807) is 36.4 Å². The van der Waals surface area contributed by atoms with E-state index in [0.717, 1.165) is 16.5 Å². The molecule has 1 unspecified atom stereocenters. The number of benzene rings is 1. The van der Waals surface area contributed by atoms with Crippen molar-refractivity contribution >= 4 is 30.6 Å². The fourth-order valence-corrected chi connectivity index (χ4v) is 6.06. The topological polar surface area (TPSA) is 140 Å². The summed E-state index contributed by atoms with van der Waals surface area (Å²) in [6, 6.07) is 9.27. The third kappa shape index (κ3) is 8.14. The SMILES string of the molecule is CC[C@@](O)(N[S+]([O-])C(C)(C)C)c1cccc(-c2cc(OCCOC)c3cnn(-c4cncc(CO[Si](C)(C)C(C)(C)C)n4)c3c2)n1. The van der Waals surface area contributed by atoms with E-state index < -0.39 is 30.2 Å². The molecular formula is C33H48N6O5SSi. The second kappa shape index (κ2) is 14.1. The minimum absolute atomic E-state index is 0.0731. The Balaban J connectivity index is 1.77. The van der Waals surface area contributed by atoms with E-state index in [2.05, 4.69) is 48.7 Å². The molecule has 4 rings (SSSR count). The molecule has 1 aromatic carbocycles. The van der Waals surface area contributed by atoms with Gasteiger partial charge in [-0.05, 0) is 69.6 Å². The first kappa shape index (κ1) is 35.9. The third-order valence-electron chi connectivity index (χ3n) is 8.27. The molecule has 3 aromatic heterocycles. The molecule has 0 radical (unpaired) electrons. The van der Waals surface area contributed by atoms with Crippen molar-refractivity contribution < 1.29 is 23.6 Å². The van der Waals surface area contributed by atoms with Gasteiger partial charge in [-0.25, -0.2) is 14.6 Å². The summed E-state index contributed by atoms with van der Waals surface area (Å²) in [5.41, 5.74) is 1.56. The first-order valence-electron chi connectivity index (χ1n) is 15.5. The molecular weight excluding hydrogens is 621 g/mol. The van der Waals surface area contributed by atoms with Gasteiger partial charge in [-0.2, -0.15) is 5.10 Å². The smallest absolute Gasteiger partial charge is 0.200 e. The van der Waals surface area contributed by atoms with Crippen molar-refractivity contribution in [2.75, 3.05) is 20.3 Å². The minimum atomic E-state index is -1.99. The fourth-order valence-electron chi connectivity index (χ4n) is 4.25. The normalized spacial score (nSPS) is 14.8. The van der Waals surface area contributed by atoms with E-state index in [0.29, 0.717) is 48.5 Å². The number of hydrogen-bond acceptors (Lipinski definition) is 10. The summed E-state index contributed by atoms with van der Waals surface area (Å²) in [6.45, 7) is 19.5. The van der Waals surface area contributed by atoms with Crippen LogP contribution in [-0.2, 0) is 32.9 Å². The van der Waals surface area contributed by atoms with Crippen LogP contribution in [0, 0.1) is 0 Å². The lowest BCUT2D eigenvalue weighted by molar-refractivity contribution is 0.0157. The van der Waals surface area contributed by atoms with E-state index in [1.165, 1.54) is 0 Å². The second-order valence-corrected chi connectivity index (χ2v) is 20.6. The van der Waals surface area contributed by atoms with Crippen molar-refractivity contribution in [1.82, 2.24) is 29.5 Å². The summed E-state index contributed by atoms with van der Waals surface area (Å²) in [7, 11) is -0.363. The maximum absolute atomic E-state index is 12.9. The van der Waals surface area contributed by atoms with Crippen molar-refractivity contribution in [1.29, 1.82) is 0 Å². The van der Waals surface area contributed by atoms with E-state index in [1.807, 2.05) is 52.0 Å². The highest BCUT2D eigenvalue weighted by atomic mass is 32.2. The van der Waals surface area contributed by atoms with Gasteiger partial charge in [0.05, 0.1) is 59.8 Å². The van der Waals surface area contributed by atoms with Gasteiger partial charge in [-0.15, -0.1) is 4.72 Å². The van der Waals surface area contributed by atoms with Crippen LogP contribution in [0.15, 0.2) is 48.9 Å².